The summed E-state index contributed by atoms with van der Waals surface area (Å²) in [7, 11) is 1.58. The van der Waals surface area contributed by atoms with Crippen molar-refractivity contribution in [3.63, 3.8) is 0 Å². The normalized spacial score (nSPS) is 13.8. The van der Waals surface area contributed by atoms with E-state index in [-0.39, 0.29) is 10.8 Å². The van der Waals surface area contributed by atoms with Gasteiger partial charge in [-0.05, 0) is 55.5 Å². The first-order chi connectivity index (χ1) is 12.6. The van der Waals surface area contributed by atoms with Gasteiger partial charge in [-0.25, -0.2) is 4.39 Å². The number of nitrogens with one attached hydrogen (secondary N) is 1. The van der Waals surface area contributed by atoms with Crippen molar-refractivity contribution in [2.24, 2.45) is 5.92 Å². The molecule has 4 rings (SSSR count). The first-order valence-corrected chi connectivity index (χ1v) is 8.71. The molecule has 1 aliphatic carbocycles. The fourth-order valence-corrected chi connectivity index (χ4v) is 3.17. The Morgan fingerprint density at radius 1 is 1.15 bits per heavy atom. The SMILES string of the molecule is COc1ccc(-c2c(C)[nH]c3c(OCC4CC4)ccc(F)c3c2=O)cc1. The zero-order chi connectivity index (χ0) is 18.3. The summed E-state index contributed by atoms with van der Waals surface area (Å²) in [4.78, 5) is 16.3. The Labute approximate surface area is 150 Å². The summed E-state index contributed by atoms with van der Waals surface area (Å²) in [6.07, 6.45) is 2.33. The predicted octanol–water partition coefficient (Wildman–Crippen LogP) is 4.44. The molecule has 1 fully saturated rings. The van der Waals surface area contributed by atoms with Gasteiger partial charge in [-0.1, -0.05) is 12.1 Å². The molecule has 0 atom stereocenters. The van der Waals surface area contributed by atoms with Gasteiger partial charge in [-0.3, -0.25) is 4.79 Å². The Hall–Kier alpha value is -2.82. The quantitative estimate of drug-likeness (QED) is 0.738. The van der Waals surface area contributed by atoms with E-state index in [1.54, 1.807) is 37.4 Å². The van der Waals surface area contributed by atoms with E-state index in [9.17, 15) is 9.18 Å². The average Bonchev–Trinajstić information content (AvgIpc) is 3.46. The summed E-state index contributed by atoms with van der Waals surface area (Å²) in [6, 6.07) is 10.0. The molecule has 1 saturated carbocycles. The first-order valence-electron chi connectivity index (χ1n) is 8.71. The summed E-state index contributed by atoms with van der Waals surface area (Å²) < 4.78 is 25.5. The molecule has 134 valence electrons. The fourth-order valence-electron chi connectivity index (χ4n) is 3.17. The van der Waals surface area contributed by atoms with Crippen LogP contribution in [0.2, 0.25) is 0 Å². The van der Waals surface area contributed by atoms with Gasteiger partial charge >= 0.3 is 0 Å². The van der Waals surface area contributed by atoms with Crippen LogP contribution in [0.25, 0.3) is 22.0 Å². The minimum absolute atomic E-state index is 0.0368. The van der Waals surface area contributed by atoms with Gasteiger partial charge in [-0.15, -0.1) is 0 Å². The number of H-pyrrole nitrogens is 1. The van der Waals surface area contributed by atoms with Gasteiger partial charge < -0.3 is 14.5 Å². The van der Waals surface area contributed by atoms with E-state index in [2.05, 4.69) is 4.98 Å². The zero-order valence-corrected chi connectivity index (χ0v) is 14.8. The highest BCUT2D eigenvalue weighted by molar-refractivity contribution is 5.89. The van der Waals surface area contributed by atoms with Crippen LogP contribution in [0.5, 0.6) is 11.5 Å². The van der Waals surface area contributed by atoms with E-state index in [0.29, 0.717) is 40.8 Å². The lowest BCUT2D eigenvalue weighted by atomic mass is 10.0. The third kappa shape index (κ3) is 2.94. The number of aromatic amines is 1. The molecule has 2 aromatic carbocycles. The van der Waals surface area contributed by atoms with Crippen molar-refractivity contribution >= 4 is 10.9 Å². The molecule has 26 heavy (non-hydrogen) atoms. The van der Waals surface area contributed by atoms with Crippen LogP contribution in [0.3, 0.4) is 0 Å². The molecule has 0 bridgehead atoms. The Morgan fingerprint density at radius 2 is 1.88 bits per heavy atom. The molecule has 5 heteroatoms. The number of rotatable bonds is 5. The zero-order valence-electron chi connectivity index (χ0n) is 14.8. The van der Waals surface area contributed by atoms with Gasteiger partial charge in [-0.2, -0.15) is 0 Å². The number of methoxy groups -OCH3 is 1. The van der Waals surface area contributed by atoms with Gasteiger partial charge in [0.05, 0.1) is 24.6 Å². The number of fused-ring (bicyclic) bond motifs is 1. The molecular formula is C21H20FNO3. The highest BCUT2D eigenvalue weighted by Gasteiger charge is 2.23. The van der Waals surface area contributed by atoms with Crippen molar-refractivity contribution in [2.75, 3.05) is 13.7 Å². The number of hydrogen-bond acceptors (Lipinski definition) is 3. The largest absolute Gasteiger partial charge is 0.497 e. The maximum Gasteiger partial charge on any atom is 0.200 e. The van der Waals surface area contributed by atoms with Crippen LogP contribution in [-0.2, 0) is 0 Å². The Bertz CT molecular complexity index is 1020. The van der Waals surface area contributed by atoms with Gasteiger partial charge in [0.2, 0.25) is 5.43 Å². The highest BCUT2D eigenvalue weighted by atomic mass is 19.1. The van der Waals surface area contributed by atoms with E-state index in [0.717, 1.165) is 18.4 Å². The van der Waals surface area contributed by atoms with E-state index < -0.39 is 5.82 Å². The lowest BCUT2D eigenvalue weighted by molar-refractivity contribution is 0.302. The molecule has 1 N–H and O–H groups in total. The van der Waals surface area contributed by atoms with Crippen molar-refractivity contribution in [2.45, 2.75) is 19.8 Å². The van der Waals surface area contributed by atoms with Crippen molar-refractivity contribution in [1.82, 2.24) is 4.98 Å². The maximum atomic E-state index is 14.5. The number of halogens is 1. The molecule has 1 heterocycles. The molecule has 0 radical (unpaired) electrons. The number of ether oxygens (including phenoxy) is 2. The molecule has 0 amide bonds. The van der Waals surface area contributed by atoms with Gasteiger partial charge in [0.1, 0.15) is 17.3 Å². The molecule has 1 aromatic heterocycles. The lowest BCUT2D eigenvalue weighted by Gasteiger charge is -2.13. The minimum Gasteiger partial charge on any atom is -0.497 e. The molecule has 0 spiro atoms. The highest BCUT2D eigenvalue weighted by Crippen LogP contribution is 2.33. The molecule has 4 nitrogen and oxygen atoms in total. The third-order valence-electron chi connectivity index (χ3n) is 4.81. The van der Waals surface area contributed by atoms with E-state index in [1.165, 1.54) is 6.07 Å². The van der Waals surface area contributed by atoms with Crippen LogP contribution in [0.1, 0.15) is 18.5 Å². The molecule has 0 unspecified atom stereocenters. The van der Waals surface area contributed by atoms with E-state index >= 15 is 0 Å². The summed E-state index contributed by atoms with van der Waals surface area (Å²) in [5.74, 6) is 1.25. The number of benzene rings is 2. The Balaban J connectivity index is 1.87. The Kier molecular flexibility index (Phi) is 4.15. The second-order valence-electron chi connectivity index (χ2n) is 6.73. The summed E-state index contributed by atoms with van der Waals surface area (Å²) >= 11 is 0. The number of pyridine rings is 1. The molecule has 1 aliphatic rings. The number of aryl methyl sites for hydroxylation is 1. The van der Waals surface area contributed by atoms with Crippen molar-refractivity contribution in [3.8, 4) is 22.6 Å². The van der Waals surface area contributed by atoms with Crippen LogP contribution in [-0.4, -0.2) is 18.7 Å². The Morgan fingerprint density at radius 3 is 2.54 bits per heavy atom. The van der Waals surface area contributed by atoms with Crippen molar-refractivity contribution < 1.29 is 13.9 Å². The van der Waals surface area contributed by atoms with Crippen LogP contribution < -0.4 is 14.9 Å². The van der Waals surface area contributed by atoms with Crippen LogP contribution in [0.15, 0.2) is 41.2 Å². The van der Waals surface area contributed by atoms with E-state index in [4.69, 9.17) is 9.47 Å². The minimum atomic E-state index is -0.546. The van der Waals surface area contributed by atoms with Crippen LogP contribution in [0, 0.1) is 18.7 Å². The van der Waals surface area contributed by atoms with Gasteiger partial charge in [0.25, 0.3) is 0 Å². The topological polar surface area (TPSA) is 51.3 Å². The fraction of sp³-hybridized carbons (Fsp3) is 0.286. The average molecular weight is 353 g/mol. The number of hydrogen-bond donors (Lipinski definition) is 1. The lowest BCUT2D eigenvalue weighted by Crippen LogP contribution is -2.12. The second-order valence-corrected chi connectivity index (χ2v) is 6.73. The maximum absolute atomic E-state index is 14.5. The van der Waals surface area contributed by atoms with Crippen LogP contribution >= 0.6 is 0 Å². The molecular weight excluding hydrogens is 333 g/mol. The van der Waals surface area contributed by atoms with Gasteiger partial charge in [0.15, 0.2) is 0 Å². The summed E-state index contributed by atoms with van der Waals surface area (Å²) in [5, 5.41) is 0.0368. The monoisotopic (exact) mass is 353 g/mol. The first kappa shape index (κ1) is 16.6. The predicted molar refractivity (Wildman–Crippen MR) is 99.5 cm³/mol. The van der Waals surface area contributed by atoms with Crippen LogP contribution in [0.4, 0.5) is 4.39 Å². The summed E-state index contributed by atoms with van der Waals surface area (Å²) in [5.41, 5.74) is 1.93. The smallest absolute Gasteiger partial charge is 0.200 e. The number of aromatic nitrogens is 1. The molecule has 3 aromatic rings. The molecule has 0 aliphatic heterocycles. The second kappa shape index (κ2) is 6.48. The third-order valence-corrected chi connectivity index (χ3v) is 4.81. The van der Waals surface area contributed by atoms with Gasteiger partial charge in [0, 0.05) is 11.3 Å². The van der Waals surface area contributed by atoms with Crippen molar-refractivity contribution in [3.05, 3.63) is 58.1 Å². The van der Waals surface area contributed by atoms with E-state index in [1.807, 2.05) is 6.92 Å². The summed E-state index contributed by atoms with van der Waals surface area (Å²) in [6.45, 7) is 2.41. The standard InChI is InChI=1S/C21H20FNO3/c1-12-18(14-5-7-15(25-2)8-6-14)21(24)19-16(22)9-10-17(20(19)23-12)26-11-13-3-4-13/h5-10,13H,3-4,11H2,1-2H3,(H,23,24). The van der Waals surface area contributed by atoms with Crippen molar-refractivity contribution in [1.29, 1.82) is 0 Å². The molecule has 0 saturated heterocycles.